The largest absolute Gasteiger partial charge is 0.307 e. The summed E-state index contributed by atoms with van der Waals surface area (Å²) in [5.41, 5.74) is 1.73. The molecular formula is C20H11ClN2O2S. The summed E-state index contributed by atoms with van der Waals surface area (Å²) in [6.45, 7) is 0. The number of thiophene rings is 1. The van der Waals surface area contributed by atoms with Crippen LogP contribution in [0.2, 0.25) is 5.02 Å². The van der Waals surface area contributed by atoms with Crippen LogP contribution in [0.1, 0.15) is 0 Å². The number of hydrogen-bond donors (Lipinski definition) is 1. The number of benzene rings is 2. The van der Waals surface area contributed by atoms with Crippen LogP contribution in [0.15, 0.2) is 70.3 Å². The molecule has 0 aliphatic rings. The minimum atomic E-state index is -0.195. The predicted octanol–water partition coefficient (Wildman–Crippen LogP) is 4.68. The van der Waals surface area contributed by atoms with E-state index in [1.54, 1.807) is 10.5 Å². The van der Waals surface area contributed by atoms with Crippen LogP contribution in [0.3, 0.4) is 0 Å². The highest BCUT2D eigenvalue weighted by Gasteiger charge is 2.14. The zero-order chi connectivity index (χ0) is 17.8. The molecule has 4 nitrogen and oxygen atoms in total. The lowest BCUT2D eigenvalue weighted by Crippen LogP contribution is -2.19. The van der Waals surface area contributed by atoms with Crippen molar-refractivity contribution in [1.29, 1.82) is 0 Å². The lowest BCUT2D eigenvalue weighted by Gasteiger charge is -2.05. The quantitative estimate of drug-likeness (QED) is 0.431. The van der Waals surface area contributed by atoms with E-state index in [1.807, 2.05) is 54.6 Å². The molecule has 0 saturated carbocycles. The van der Waals surface area contributed by atoms with Gasteiger partial charge in [-0.05, 0) is 41.3 Å². The number of H-pyrrole nitrogens is 1. The Morgan fingerprint density at radius 3 is 2.54 bits per heavy atom. The molecule has 0 fully saturated rings. The average molecular weight is 379 g/mol. The molecular weight excluding hydrogens is 368 g/mol. The van der Waals surface area contributed by atoms with Crippen LogP contribution >= 0.6 is 22.9 Å². The third kappa shape index (κ3) is 2.21. The van der Waals surface area contributed by atoms with Gasteiger partial charge in [0.1, 0.15) is 10.3 Å². The summed E-state index contributed by atoms with van der Waals surface area (Å²) < 4.78 is 2.11. The molecule has 0 unspecified atom stereocenters. The van der Waals surface area contributed by atoms with Crippen molar-refractivity contribution in [2.75, 3.05) is 0 Å². The molecule has 5 rings (SSSR count). The van der Waals surface area contributed by atoms with Crippen LogP contribution in [-0.2, 0) is 0 Å². The van der Waals surface area contributed by atoms with Crippen LogP contribution in [0.5, 0.6) is 0 Å². The molecule has 0 spiro atoms. The van der Waals surface area contributed by atoms with E-state index in [1.165, 1.54) is 11.3 Å². The number of aromatic nitrogens is 2. The lowest BCUT2D eigenvalue weighted by atomic mass is 10.1. The molecule has 3 aromatic heterocycles. The van der Waals surface area contributed by atoms with E-state index in [-0.39, 0.29) is 11.1 Å². The highest BCUT2D eigenvalue weighted by molar-refractivity contribution is 7.22. The first-order chi connectivity index (χ1) is 12.6. The maximum Gasteiger partial charge on any atom is 0.269 e. The lowest BCUT2D eigenvalue weighted by molar-refractivity contribution is 1.11. The Bertz CT molecular complexity index is 1430. The van der Waals surface area contributed by atoms with Crippen molar-refractivity contribution in [2.24, 2.45) is 0 Å². The summed E-state index contributed by atoms with van der Waals surface area (Å²) in [4.78, 5) is 29.3. The number of nitrogens with zero attached hydrogens (tertiary/aromatic N) is 1. The second-order valence-electron chi connectivity index (χ2n) is 6.04. The topological polar surface area (TPSA) is 54.3 Å². The van der Waals surface area contributed by atoms with E-state index in [9.17, 15) is 9.59 Å². The van der Waals surface area contributed by atoms with Gasteiger partial charge in [0.2, 0.25) is 0 Å². The van der Waals surface area contributed by atoms with Crippen LogP contribution in [0, 0.1) is 0 Å². The Morgan fingerprint density at radius 1 is 0.962 bits per heavy atom. The Hall–Kier alpha value is -2.89. The van der Waals surface area contributed by atoms with Gasteiger partial charge < -0.3 is 4.98 Å². The molecule has 0 atom stereocenters. The molecule has 126 valence electrons. The number of hydrogen-bond acceptors (Lipinski definition) is 3. The number of pyridine rings is 1. The van der Waals surface area contributed by atoms with Gasteiger partial charge in [0.05, 0.1) is 5.52 Å². The number of aromatic amines is 1. The van der Waals surface area contributed by atoms with Gasteiger partial charge in [-0.15, -0.1) is 11.3 Å². The van der Waals surface area contributed by atoms with Crippen molar-refractivity contribution >= 4 is 49.6 Å². The summed E-state index contributed by atoms with van der Waals surface area (Å²) in [5.74, 6) is 0. The smallest absolute Gasteiger partial charge is 0.269 e. The van der Waals surface area contributed by atoms with Gasteiger partial charge in [0.15, 0.2) is 0 Å². The number of rotatable bonds is 1. The van der Waals surface area contributed by atoms with Crippen molar-refractivity contribution < 1.29 is 0 Å². The molecule has 3 heterocycles. The summed E-state index contributed by atoms with van der Waals surface area (Å²) in [7, 11) is 0. The molecule has 0 saturated heterocycles. The van der Waals surface area contributed by atoms with E-state index in [0.717, 1.165) is 15.8 Å². The second-order valence-corrected chi connectivity index (χ2v) is 7.53. The Kier molecular flexibility index (Phi) is 3.29. The van der Waals surface area contributed by atoms with Crippen LogP contribution < -0.4 is 11.1 Å². The molecule has 2 aromatic carbocycles. The van der Waals surface area contributed by atoms with Crippen LogP contribution in [0.25, 0.3) is 37.1 Å². The third-order valence-electron chi connectivity index (χ3n) is 4.46. The van der Waals surface area contributed by atoms with Gasteiger partial charge in [-0.3, -0.25) is 14.0 Å². The number of fused-ring (bicyclic) bond motifs is 4. The van der Waals surface area contributed by atoms with Crippen molar-refractivity contribution in [1.82, 2.24) is 9.38 Å². The zero-order valence-corrected chi connectivity index (χ0v) is 14.9. The monoisotopic (exact) mass is 378 g/mol. The number of halogens is 1. The molecule has 0 radical (unpaired) electrons. The third-order valence-corrected chi connectivity index (χ3v) is 5.88. The van der Waals surface area contributed by atoms with Crippen molar-refractivity contribution in [3.63, 3.8) is 0 Å². The van der Waals surface area contributed by atoms with Gasteiger partial charge in [-0.25, -0.2) is 0 Å². The Morgan fingerprint density at radius 2 is 1.73 bits per heavy atom. The van der Waals surface area contributed by atoms with Gasteiger partial charge in [-0.2, -0.15) is 0 Å². The minimum absolute atomic E-state index is 0.139. The molecule has 5 aromatic rings. The van der Waals surface area contributed by atoms with Gasteiger partial charge >= 0.3 is 0 Å². The maximum absolute atomic E-state index is 13.0. The number of nitrogens with one attached hydrogen (secondary N) is 1. The predicted molar refractivity (Wildman–Crippen MR) is 108 cm³/mol. The van der Waals surface area contributed by atoms with E-state index in [2.05, 4.69) is 4.98 Å². The maximum atomic E-state index is 13.0. The fraction of sp³-hybridized carbons (Fsp3) is 0. The van der Waals surface area contributed by atoms with Crippen molar-refractivity contribution in [3.05, 3.63) is 86.4 Å². The zero-order valence-electron chi connectivity index (χ0n) is 13.3. The molecule has 0 aliphatic carbocycles. The van der Waals surface area contributed by atoms with E-state index < -0.39 is 0 Å². The Labute approximate surface area is 155 Å². The first-order valence-electron chi connectivity index (χ1n) is 7.98. The highest BCUT2D eigenvalue weighted by atomic mass is 35.5. The first-order valence-corrected chi connectivity index (χ1v) is 9.17. The standard InChI is InChI=1S/C20H11ClN2O2S/c21-13-7-5-11(6-8-13)16-10-15-18(26-16)19(24)22-17-9-12-3-1-2-4-14(12)20(25)23(15)17/h1-10H,(H,22,24). The average Bonchev–Trinajstić information content (AvgIpc) is 3.08. The second kappa shape index (κ2) is 5.56. The van der Waals surface area contributed by atoms with Gasteiger partial charge in [0, 0.05) is 15.3 Å². The van der Waals surface area contributed by atoms with Crippen LogP contribution in [0.4, 0.5) is 0 Å². The Balaban J connectivity index is 1.92. The summed E-state index contributed by atoms with van der Waals surface area (Å²) in [5, 5.41) is 2.08. The summed E-state index contributed by atoms with van der Waals surface area (Å²) >= 11 is 7.33. The van der Waals surface area contributed by atoms with E-state index in [4.69, 9.17) is 11.6 Å². The normalized spacial score (nSPS) is 11.6. The van der Waals surface area contributed by atoms with E-state index >= 15 is 0 Å². The van der Waals surface area contributed by atoms with Gasteiger partial charge in [0.25, 0.3) is 11.1 Å². The molecule has 0 amide bonds. The molecule has 6 heteroatoms. The first kappa shape index (κ1) is 15.4. The molecule has 1 N–H and O–H groups in total. The summed E-state index contributed by atoms with van der Waals surface area (Å²) in [6.07, 6.45) is 0. The molecule has 26 heavy (non-hydrogen) atoms. The van der Waals surface area contributed by atoms with Crippen LogP contribution in [-0.4, -0.2) is 9.38 Å². The highest BCUT2D eigenvalue weighted by Crippen LogP contribution is 2.32. The van der Waals surface area contributed by atoms with Gasteiger partial charge in [-0.1, -0.05) is 41.9 Å². The minimum Gasteiger partial charge on any atom is -0.307 e. The molecule has 0 bridgehead atoms. The van der Waals surface area contributed by atoms with Crippen molar-refractivity contribution in [2.45, 2.75) is 0 Å². The fourth-order valence-corrected chi connectivity index (χ4v) is 4.40. The molecule has 0 aliphatic heterocycles. The fourth-order valence-electron chi connectivity index (χ4n) is 3.23. The summed E-state index contributed by atoms with van der Waals surface area (Å²) in [6, 6.07) is 18.5. The van der Waals surface area contributed by atoms with Crippen molar-refractivity contribution in [3.8, 4) is 10.4 Å². The van der Waals surface area contributed by atoms with E-state index in [0.29, 0.717) is 26.3 Å². The SMILES string of the molecule is O=c1[nH]c2cc3ccccc3c(=O)n2c2cc(-c3ccc(Cl)cc3)sc12.